The van der Waals surface area contributed by atoms with E-state index in [2.05, 4.69) is 5.32 Å². The van der Waals surface area contributed by atoms with Crippen LogP contribution in [0.25, 0.3) is 0 Å². The van der Waals surface area contributed by atoms with E-state index < -0.39 is 0 Å². The Kier molecular flexibility index (Phi) is 5.89. The van der Waals surface area contributed by atoms with Crippen LogP contribution in [0, 0.1) is 0 Å². The number of benzene rings is 1. The van der Waals surface area contributed by atoms with Gasteiger partial charge in [-0.15, -0.1) is 0 Å². The van der Waals surface area contributed by atoms with Crippen molar-refractivity contribution in [2.45, 2.75) is 25.0 Å². The van der Waals surface area contributed by atoms with Gasteiger partial charge in [0.25, 0.3) is 0 Å². The molecule has 2 aliphatic heterocycles. The highest BCUT2D eigenvalue weighted by molar-refractivity contribution is 6.30. The molecule has 6 heteroatoms. The van der Waals surface area contributed by atoms with Crippen LogP contribution in [0.15, 0.2) is 24.3 Å². The quantitative estimate of drug-likeness (QED) is 0.912. The van der Waals surface area contributed by atoms with E-state index in [4.69, 9.17) is 21.1 Å². The number of nitrogens with one attached hydrogen (secondary N) is 1. The Hall–Kier alpha value is -1.14. The Balaban J connectivity index is 1.51. The van der Waals surface area contributed by atoms with Crippen LogP contribution in [0.4, 0.5) is 0 Å². The molecule has 1 amide bonds. The van der Waals surface area contributed by atoms with Crippen LogP contribution in [-0.2, 0) is 14.3 Å². The maximum absolute atomic E-state index is 12.4. The molecule has 1 atom stereocenters. The number of hydrogen-bond donors (Lipinski definition) is 1. The first-order valence-electron chi connectivity index (χ1n) is 8.19. The molecule has 1 N–H and O–H groups in total. The summed E-state index contributed by atoms with van der Waals surface area (Å²) >= 11 is 5.92. The summed E-state index contributed by atoms with van der Waals surface area (Å²) in [6.45, 7) is 3.84. The summed E-state index contributed by atoms with van der Waals surface area (Å²) in [4.78, 5) is 14.2. The molecule has 23 heavy (non-hydrogen) atoms. The van der Waals surface area contributed by atoms with Gasteiger partial charge in [-0.05, 0) is 43.6 Å². The Morgan fingerprint density at radius 2 is 2.04 bits per heavy atom. The highest BCUT2D eigenvalue weighted by Gasteiger charge is 2.26. The molecule has 0 bridgehead atoms. The maximum atomic E-state index is 12.4. The van der Waals surface area contributed by atoms with Crippen LogP contribution in [0.2, 0.25) is 5.02 Å². The predicted octanol–water partition coefficient (Wildman–Crippen LogP) is 2.01. The molecule has 0 radical (unpaired) electrons. The molecular weight excluding hydrogens is 316 g/mol. The molecule has 0 aromatic heterocycles. The van der Waals surface area contributed by atoms with Crippen LogP contribution in [0.1, 0.15) is 24.5 Å². The number of nitrogens with zero attached hydrogens (tertiary/aromatic N) is 1. The molecule has 1 unspecified atom stereocenters. The molecule has 2 fully saturated rings. The topological polar surface area (TPSA) is 50.8 Å². The average molecular weight is 339 g/mol. The number of ether oxygens (including phenoxy) is 2. The molecule has 0 saturated carbocycles. The SMILES string of the molecule is O=C(COC1CCNCC1)N1CCOC(c2ccc(Cl)cc2)C1. The average Bonchev–Trinajstić information content (AvgIpc) is 2.61. The second-order valence-corrected chi connectivity index (χ2v) is 6.45. The lowest BCUT2D eigenvalue weighted by Crippen LogP contribution is -2.44. The largest absolute Gasteiger partial charge is 0.370 e. The van der Waals surface area contributed by atoms with Crippen molar-refractivity contribution in [1.29, 1.82) is 0 Å². The van der Waals surface area contributed by atoms with Crippen molar-refractivity contribution >= 4 is 17.5 Å². The summed E-state index contributed by atoms with van der Waals surface area (Å²) in [7, 11) is 0. The Bertz CT molecular complexity index is 517. The van der Waals surface area contributed by atoms with Crippen molar-refractivity contribution in [1.82, 2.24) is 10.2 Å². The first-order chi connectivity index (χ1) is 11.2. The Labute approximate surface area is 141 Å². The molecule has 126 valence electrons. The number of amides is 1. The van der Waals surface area contributed by atoms with E-state index in [1.165, 1.54) is 0 Å². The smallest absolute Gasteiger partial charge is 0.248 e. The highest BCUT2D eigenvalue weighted by Crippen LogP contribution is 2.23. The normalized spacial score (nSPS) is 23.0. The van der Waals surface area contributed by atoms with E-state index >= 15 is 0 Å². The molecule has 1 aromatic rings. The number of rotatable bonds is 4. The van der Waals surface area contributed by atoms with Gasteiger partial charge in [0, 0.05) is 11.6 Å². The summed E-state index contributed by atoms with van der Waals surface area (Å²) < 4.78 is 11.6. The number of carbonyl (C=O) groups excluding carboxylic acids is 1. The van der Waals surface area contributed by atoms with Gasteiger partial charge in [0.2, 0.25) is 5.91 Å². The van der Waals surface area contributed by atoms with Gasteiger partial charge >= 0.3 is 0 Å². The minimum Gasteiger partial charge on any atom is -0.370 e. The fraction of sp³-hybridized carbons (Fsp3) is 0.588. The third kappa shape index (κ3) is 4.67. The number of morpholine rings is 1. The number of piperidine rings is 1. The summed E-state index contributed by atoms with van der Waals surface area (Å²) in [6, 6.07) is 7.60. The molecular formula is C17H23ClN2O3. The lowest BCUT2D eigenvalue weighted by molar-refractivity contribution is -0.146. The standard InChI is InChI=1S/C17H23ClN2O3/c18-14-3-1-13(2-4-14)16-11-20(9-10-22-16)17(21)12-23-15-5-7-19-8-6-15/h1-4,15-16,19H,5-12H2. The molecule has 0 spiro atoms. The van der Waals surface area contributed by atoms with Gasteiger partial charge in [-0.1, -0.05) is 23.7 Å². The van der Waals surface area contributed by atoms with Crippen molar-refractivity contribution in [2.24, 2.45) is 0 Å². The third-order valence-electron chi connectivity index (χ3n) is 4.39. The number of halogens is 1. The molecule has 5 nitrogen and oxygen atoms in total. The first kappa shape index (κ1) is 16.7. The molecule has 2 heterocycles. The van der Waals surface area contributed by atoms with E-state index in [0.717, 1.165) is 31.5 Å². The van der Waals surface area contributed by atoms with Crippen molar-refractivity contribution in [3.8, 4) is 0 Å². The zero-order valence-corrected chi connectivity index (χ0v) is 13.9. The lowest BCUT2D eigenvalue weighted by atomic mass is 10.1. The second kappa shape index (κ2) is 8.11. The zero-order valence-electron chi connectivity index (χ0n) is 13.2. The lowest BCUT2D eigenvalue weighted by Gasteiger charge is -2.33. The minimum atomic E-state index is -0.0937. The third-order valence-corrected chi connectivity index (χ3v) is 4.64. The van der Waals surface area contributed by atoms with Gasteiger partial charge in [0.05, 0.1) is 19.3 Å². The van der Waals surface area contributed by atoms with Gasteiger partial charge in [-0.3, -0.25) is 4.79 Å². The van der Waals surface area contributed by atoms with E-state index in [9.17, 15) is 4.79 Å². The second-order valence-electron chi connectivity index (χ2n) is 6.01. The monoisotopic (exact) mass is 338 g/mol. The molecule has 2 saturated heterocycles. The van der Waals surface area contributed by atoms with E-state index in [0.29, 0.717) is 24.7 Å². The van der Waals surface area contributed by atoms with Crippen LogP contribution in [-0.4, -0.2) is 56.3 Å². The van der Waals surface area contributed by atoms with Gasteiger partial charge < -0.3 is 19.7 Å². The molecule has 3 rings (SSSR count). The summed E-state index contributed by atoms with van der Waals surface area (Å²) in [5, 5.41) is 3.99. The molecule has 2 aliphatic rings. The highest BCUT2D eigenvalue weighted by atomic mass is 35.5. The van der Waals surface area contributed by atoms with E-state index in [1.807, 2.05) is 29.2 Å². The van der Waals surface area contributed by atoms with Crippen LogP contribution < -0.4 is 5.32 Å². The number of carbonyl (C=O) groups is 1. The summed E-state index contributed by atoms with van der Waals surface area (Å²) in [5.41, 5.74) is 1.05. The van der Waals surface area contributed by atoms with Crippen LogP contribution >= 0.6 is 11.6 Å². The first-order valence-corrected chi connectivity index (χ1v) is 8.57. The van der Waals surface area contributed by atoms with Crippen molar-refractivity contribution in [2.75, 3.05) is 39.4 Å². The van der Waals surface area contributed by atoms with Crippen LogP contribution in [0.3, 0.4) is 0 Å². The van der Waals surface area contributed by atoms with Gasteiger partial charge in [-0.25, -0.2) is 0 Å². The predicted molar refractivity (Wildman–Crippen MR) is 88.6 cm³/mol. The maximum Gasteiger partial charge on any atom is 0.248 e. The summed E-state index contributed by atoms with van der Waals surface area (Å²) in [6.07, 6.45) is 2.06. The van der Waals surface area contributed by atoms with E-state index in [1.54, 1.807) is 0 Å². The zero-order chi connectivity index (χ0) is 16.1. The molecule has 0 aliphatic carbocycles. The number of hydrogen-bond acceptors (Lipinski definition) is 4. The van der Waals surface area contributed by atoms with Crippen molar-refractivity contribution in [3.05, 3.63) is 34.9 Å². The van der Waals surface area contributed by atoms with Crippen LogP contribution in [0.5, 0.6) is 0 Å². The van der Waals surface area contributed by atoms with Gasteiger partial charge in [0.15, 0.2) is 0 Å². The van der Waals surface area contributed by atoms with E-state index in [-0.39, 0.29) is 24.7 Å². The molecule has 1 aromatic carbocycles. The van der Waals surface area contributed by atoms with Crippen molar-refractivity contribution < 1.29 is 14.3 Å². The Morgan fingerprint density at radius 1 is 1.30 bits per heavy atom. The van der Waals surface area contributed by atoms with Crippen molar-refractivity contribution in [3.63, 3.8) is 0 Å². The fourth-order valence-electron chi connectivity index (χ4n) is 3.00. The Morgan fingerprint density at radius 3 is 2.78 bits per heavy atom. The summed E-state index contributed by atoms with van der Waals surface area (Å²) in [5.74, 6) is 0.0470. The van der Waals surface area contributed by atoms with Gasteiger partial charge in [-0.2, -0.15) is 0 Å². The fourth-order valence-corrected chi connectivity index (χ4v) is 3.12. The van der Waals surface area contributed by atoms with Gasteiger partial charge in [0.1, 0.15) is 12.7 Å². The minimum absolute atomic E-state index is 0.0470.